The van der Waals surface area contributed by atoms with Crippen LogP contribution in [0.3, 0.4) is 0 Å². The summed E-state index contributed by atoms with van der Waals surface area (Å²) in [6, 6.07) is 46.8. The summed E-state index contributed by atoms with van der Waals surface area (Å²) in [4.78, 5) is 9.29. The maximum Gasteiger partial charge on any atom is 0.143 e. The zero-order chi connectivity index (χ0) is 33.9. The van der Waals surface area contributed by atoms with Crippen molar-refractivity contribution in [1.29, 1.82) is 0 Å². The molecule has 3 heterocycles. The molecule has 1 aliphatic rings. The molecule has 8 rings (SSSR count). The van der Waals surface area contributed by atoms with Crippen LogP contribution in [0.5, 0.6) is 11.5 Å². The first kappa shape index (κ1) is 33.6. The molecular weight excluding hydrogens is 796 g/mol. The number of fused-ring (bicyclic) bond motifs is 4. The van der Waals surface area contributed by atoms with Crippen LogP contribution in [0, 0.1) is 18.8 Å². The number of benzene rings is 5. The Morgan fingerprint density at radius 2 is 1.14 bits per heavy atom. The van der Waals surface area contributed by atoms with Crippen molar-refractivity contribution in [1.82, 2.24) is 9.55 Å². The first-order valence-corrected chi connectivity index (χ1v) is 16.8. The summed E-state index contributed by atoms with van der Waals surface area (Å²) in [7, 11) is 0. The maximum atomic E-state index is 6.47. The normalized spacial score (nSPS) is 13.1. The first-order chi connectivity index (χ1) is 23.6. The van der Waals surface area contributed by atoms with E-state index in [1.807, 2.05) is 42.6 Å². The van der Waals surface area contributed by atoms with Crippen molar-refractivity contribution < 1.29 is 25.8 Å². The number of anilines is 4. The molecule has 0 amide bonds. The van der Waals surface area contributed by atoms with E-state index in [1.165, 1.54) is 16.8 Å². The Kier molecular flexibility index (Phi) is 8.60. The second-order valence-corrected chi connectivity index (χ2v) is 14.7. The van der Waals surface area contributed by atoms with Gasteiger partial charge in [0.2, 0.25) is 0 Å². The molecule has 0 saturated carbocycles. The van der Waals surface area contributed by atoms with Gasteiger partial charge in [-0.15, -0.1) is 48.8 Å². The van der Waals surface area contributed by atoms with E-state index in [4.69, 9.17) is 9.72 Å². The third-order valence-corrected chi connectivity index (χ3v) is 9.18. The summed E-state index contributed by atoms with van der Waals surface area (Å²) >= 11 is 0. The monoisotopic (exact) mass is 834 g/mol. The Labute approximate surface area is 309 Å². The van der Waals surface area contributed by atoms with Crippen LogP contribution in [0.25, 0.3) is 27.6 Å². The van der Waals surface area contributed by atoms with Gasteiger partial charge in [-0.2, -0.15) is 12.1 Å². The van der Waals surface area contributed by atoms with Crippen LogP contribution in [0.4, 0.5) is 22.7 Å². The molecule has 0 unspecified atom stereocenters. The maximum absolute atomic E-state index is 6.47. The molecular formula is C44H39N4OPt-3. The number of hydrogen-bond acceptors (Lipinski definition) is 4. The zero-order valence-corrected chi connectivity index (χ0v) is 31.4. The van der Waals surface area contributed by atoms with Crippen LogP contribution >= 0.6 is 0 Å². The van der Waals surface area contributed by atoms with Gasteiger partial charge in [0.15, 0.2) is 0 Å². The molecule has 50 heavy (non-hydrogen) atoms. The zero-order valence-electron chi connectivity index (χ0n) is 29.1. The predicted molar refractivity (Wildman–Crippen MR) is 202 cm³/mol. The van der Waals surface area contributed by atoms with Crippen LogP contribution < -0.4 is 14.5 Å². The van der Waals surface area contributed by atoms with E-state index in [2.05, 4.69) is 154 Å². The third-order valence-electron chi connectivity index (χ3n) is 9.18. The average Bonchev–Trinajstić information content (AvgIpc) is 3.64. The molecule has 2 aromatic heterocycles. The van der Waals surface area contributed by atoms with Gasteiger partial charge in [-0.05, 0) is 52.3 Å². The van der Waals surface area contributed by atoms with Crippen LogP contribution in [0.2, 0.25) is 0 Å². The second kappa shape index (κ2) is 12.8. The van der Waals surface area contributed by atoms with E-state index in [0.717, 1.165) is 44.7 Å². The van der Waals surface area contributed by atoms with Gasteiger partial charge >= 0.3 is 0 Å². The van der Waals surface area contributed by atoms with Gasteiger partial charge in [-0.1, -0.05) is 95.8 Å². The Bertz CT molecular complexity index is 2260. The number of nitrogens with zero attached hydrogens (tertiary/aromatic N) is 4. The molecule has 7 aromatic rings. The van der Waals surface area contributed by atoms with Crippen molar-refractivity contribution in [2.24, 2.45) is 0 Å². The Hall–Kier alpha value is -4.86. The molecule has 6 heteroatoms. The van der Waals surface area contributed by atoms with Gasteiger partial charge < -0.3 is 19.1 Å². The van der Waals surface area contributed by atoms with Crippen LogP contribution in [0.1, 0.15) is 52.7 Å². The largest absolute Gasteiger partial charge is 0.509 e. The number of aromatic nitrogens is 2. The molecule has 5 aromatic carbocycles. The molecule has 0 spiro atoms. The summed E-state index contributed by atoms with van der Waals surface area (Å²) in [5.41, 5.74) is 9.69. The standard InChI is InChI=1S/C44H39N4O.Pt/c1-43(2,3)36-21-13-22-37(44(4,5)6)41(36)47-29-46(39-24-9-10-25-40(39)47)30-15-11-17-32(27-30)49-33-18-12-16-31(28-33)48-38-23-8-7-19-34(38)35-20-14-26-45-42(35)48;/h7-26,29H,1-6H3;/q-3;. The number of pyridine rings is 1. The van der Waals surface area contributed by atoms with Crippen LogP contribution in [0.15, 0.2) is 121 Å². The Balaban J connectivity index is 0.00000392. The Morgan fingerprint density at radius 3 is 1.82 bits per heavy atom. The van der Waals surface area contributed by atoms with Crippen molar-refractivity contribution in [3.05, 3.63) is 151 Å². The minimum atomic E-state index is -0.0486. The van der Waals surface area contributed by atoms with Gasteiger partial charge in [0.1, 0.15) is 5.65 Å². The third kappa shape index (κ3) is 5.88. The molecule has 0 aliphatic carbocycles. The SMILES string of the molecule is CC(C)(C)c1cccc(C(C)(C)C)c1N1[CH-]N(c2[c-]c(Oc3[c-]c(-n4c5ccccc5c5cccnc54)ccc3)ccc2)c2ccccc21.[Pt]. The predicted octanol–water partition coefficient (Wildman–Crippen LogP) is 11.6. The van der Waals surface area contributed by atoms with Crippen molar-refractivity contribution >= 4 is 44.7 Å². The summed E-state index contributed by atoms with van der Waals surface area (Å²) in [5.74, 6) is 1.22. The van der Waals surface area contributed by atoms with Gasteiger partial charge in [0, 0.05) is 66.6 Å². The molecule has 0 atom stereocenters. The first-order valence-electron chi connectivity index (χ1n) is 16.8. The summed E-state index contributed by atoms with van der Waals surface area (Å²) in [6.07, 6.45) is 1.83. The van der Waals surface area contributed by atoms with E-state index in [0.29, 0.717) is 11.5 Å². The van der Waals surface area contributed by atoms with E-state index >= 15 is 0 Å². The molecule has 254 valence electrons. The van der Waals surface area contributed by atoms with Crippen molar-refractivity contribution in [3.63, 3.8) is 0 Å². The van der Waals surface area contributed by atoms with Gasteiger partial charge in [-0.3, -0.25) is 0 Å². The molecule has 1 aliphatic heterocycles. The van der Waals surface area contributed by atoms with E-state index in [1.54, 1.807) is 0 Å². The fourth-order valence-corrected chi connectivity index (χ4v) is 6.92. The molecule has 0 fully saturated rings. The summed E-state index contributed by atoms with van der Waals surface area (Å²) in [6.45, 7) is 15.9. The van der Waals surface area contributed by atoms with Crippen molar-refractivity contribution in [2.45, 2.75) is 52.4 Å². The van der Waals surface area contributed by atoms with Crippen LogP contribution in [-0.4, -0.2) is 9.55 Å². The number of ether oxygens (including phenoxy) is 1. The number of hydrogen-bond donors (Lipinski definition) is 0. The number of rotatable bonds is 5. The van der Waals surface area contributed by atoms with Gasteiger partial charge in [0.25, 0.3) is 0 Å². The smallest absolute Gasteiger partial charge is 0.143 e. The second-order valence-electron chi connectivity index (χ2n) is 14.7. The molecule has 0 saturated heterocycles. The average molecular weight is 835 g/mol. The molecule has 5 nitrogen and oxygen atoms in total. The fraction of sp³-hybridized carbons (Fsp3) is 0.182. The minimum absolute atomic E-state index is 0. The van der Waals surface area contributed by atoms with E-state index in [-0.39, 0.29) is 31.9 Å². The van der Waals surface area contributed by atoms with E-state index in [9.17, 15) is 0 Å². The van der Waals surface area contributed by atoms with Crippen LogP contribution in [-0.2, 0) is 31.9 Å². The molecule has 0 radical (unpaired) electrons. The minimum Gasteiger partial charge on any atom is -0.509 e. The topological polar surface area (TPSA) is 33.5 Å². The van der Waals surface area contributed by atoms with Crippen molar-refractivity contribution in [2.75, 3.05) is 9.80 Å². The van der Waals surface area contributed by atoms with Gasteiger partial charge in [-0.25, -0.2) is 4.98 Å². The molecule has 0 bridgehead atoms. The van der Waals surface area contributed by atoms with Crippen molar-refractivity contribution in [3.8, 4) is 17.2 Å². The Morgan fingerprint density at radius 1 is 0.580 bits per heavy atom. The quantitative estimate of drug-likeness (QED) is 0.162. The van der Waals surface area contributed by atoms with E-state index < -0.39 is 0 Å². The van der Waals surface area contributed by atoms with Gasteiger partial charge in [0.05, 0.1) is 5.52 Å². The number of para-hydroxylation sites is 4. The molecule has 0 N–H and O–H groups in total. The fourth-order valence-electron chi connectivity index (χ4n) is 6.92. The summed E-state index contributed by atoms with van der Waals surface area (Å²) in [5, 5.41) is 2.26. The summed E-state index contributed by atoms with van der Waals surface area (Å²) < 4.78 is 8.61.